The van der Waals surface area contributed by atoms with Crippen LogP contribution in [0.15, 0.2) is 0 Å². The molecular weight excluding hydrogens is 257 g/mol. The maximum atomic E-state index is 12.7. The largest absolute Gasteiger partial charge is 0.391 e. The number of rotatable bonds is 2. The van der Waals surface area contributed by atoms with Crippen LogP contribution in [0.25, 0.3) is 0 Å². The van der Waals surface area contributed by atoms with Gasteiger partial charge in [0.25, 0.3) is 0 Å². The Hall–Kier alpha value is -0.780. The topological polar surface area (TPSA) is 41.1 Å². The van der Waals surface area contributed by atoms with E-state index in [1.54, 1.807) is 0 Å². The molecule has 2 N–H and O–H groups in total. The van der Waals surface area contributed by atoms with Gasteiger partial charge in [-0.1, -0.05) is 6.42 Å². The Balaban J connectivity index is 1.50. The Labute approximate surface area is 110 Å². The number of amides is 1. The van der Waals surface area contributed by atoms with Crippen molar-refractivity contribution in [3.63, 3.8) is 0 Å². The zero-order valence-electron chi connectivity index (χ0n) is 10.7. The third-order valence-corrected chi connectivity index (χ3v) is 4.68. The summed E-state index contributed by atoms with van der Waals surface area (Å²) in [7, 11) is 0. The number of halogens is 3. The molecule has 2 aliphatic carbocycles. The van der Waals surface area contributed by atoms with Gasteiger partial charge in [-0.15, -0.1) is 0 Å². The van der Waals surface area contributed by atoms with Crippen molar-refractivity contribution in [2.24, 2.45) is 11.8 Å². The van der Waals surface area contributed by atoms with Gasteiger partial charge in [0.2, 0.25) is 5.91 Å². The lowest BCUT2D eigenvalue weighted by atomic mass is 9.85. The summed E-state index contributed by atoms with van der Waals surface area (Å²) in [6.45, 7) is 0. The summed E-state index contributed by atoms with van der Waals surface area (Å²) in [5.74, 6) is -0.749. The summed E-state index contributed by atoms with van der Waals surface area (Å²) < 4.78 is 38.1. The molecule has 3 nitrogen and oxygen atoms in total. The zero-order chi connectivity index (χ0) is 13.6. The van der Waals surface area contributed by atoms with Crippen molar-refractivity contribution >= 4 is 5.91 Å². The van der Waals surface area contributed by atoms with Crippen LogP contribution in [0.3, 0.4) is 0 Å². The van der Waals surface area contributed by atoms with Gasteiger partial charge in [0.1, 0.15) is 0 Å². The quantitative estimate of drug-likeness (QED) is 0.809. The highest BCUT2D eigenvalue weighted by Gasteiger charge is 2.48. The smallest absolute Gasteiger partial charge is 0.352 e. The van der Waals surface area contributed by atoms with E-state index in [9.17, 15) is 18.0 Å². The molecule has 5 atom stereocenters. The SMILES string of the molecule is O=C(N[C@@H]1CCC[C@H](C(F)(F)F)C1)[C@@H]1C[C@H]2C[C@H]2N1. The van der Waals surface area contributed by atoms with Crippen LogP contribution in [-0.4, -0.2) is 30.2 Å². The average molecular weight is 276 g/mol. The van der Waals surface area contributed by atoms with E-state index in [4.69, 9.17) is 0 Å². The van der Waals surface area contributed by atoms with Crippen molar-refractivity contribution < 1.29 is 18.0 Å². The van der Waals surface area contributed by atoms with Crippen molar-refractivity contribution in [1.29, 1.82) is 0 Å². The van der Waals surface area contributed by atoms with Crippen LogP contribution in [0.1, 0.15) is 38.5 Å². The first-order valence-electron chi connectivity index (χ1n) is 7.06. The average Bonchev–Trinajstić information content (AvgIpc) is 2.95. The van der Waals surface area contributed by atoms with Crippen LogP contribution in [0, 0.1) is 11.8 Å². The molecule has 1 saturated heterocycles. The van der Waals surface area contributed by atoms with Gasteiger partial charge >= 0.3 is 6.18 Å². The van der Waals surface area contributed by atoms with Crippen molar-refractivity contribution in [3.8, 4) is 0 Å². The molecule has 0 spiro atoms. The van der Waals surface area contributed by atoms with E-state index in [0.29, 0.717) is 24.8 Å². The first-order valence-corrected chi connectivity index (χ1v) is 7.06. The van der Waals surface area contributed by atoms with E-state index < -0.39 is 12.1 Å². The van der Waals surface area contributed by atoms with Crippen molar-refractivity contribution in [3.05, 3.63) is 0 Å². The molecule has 19 heavy (non-hydrogen) atoms. The van der Waals surface area contributed by atoms with Gasteiger partial charge in [-0.05, 0) is 38.0 Å². The lowest BCUT2D eigenvalue weighted by Crippen LogP contribution is -2.48. The van der Waals surface area contributed by atoms with Crippen molar-refractivity contribution in [2.45, 2.75) is 62.8 Å². The lowest BCUT2D eigenvalue weighted by molar-refractivity contribution is -0.184. The molecule has 0 bridgehead atoms. The van der Waals surface area contributed by atoms with Gasteiger partial charge in [0.15, 0.2) is 0 Å². The second kappa shape index (κ2) is 4.65. The molecule has 2 saturated carbocycles. The van der Waals surface area contributed by atoms with Crippen LogP contribution < -0.4 is 10.6 Å². The molecule has 3 rings (SSSR count). The summed E-state index contributed by atoms with van der Waals surface area (Å²) in [6.07, 6.45) is -0.710. The fourth-order valence-electron chi connectivity index (χ4n) is 3.44. The fraction of sp³-hybridized carbons (Fsp3) is 0.923. The maximum Gasteiger partial charge on any atom is 0.391 e. The van der Waals surface area contributed by atoms with Gasteiger partial charge < -0.3 is 10.6 Å². The Kier molecular flexibility index (Phi) is 3.23. The molecule has 0 aromatic heterocycles. The summed E-state index contributed by atoms with van der Waals surface area (Å²) in [4.78, 5) is 12.0. The summed E-state index contributed by atoms with van der Waals surface area (Å²) in [5, 5.41) is 6.03. The predicted molar refractivity (Wildman–Crippen MR) is 63.4 cm³/mol. The zero-order valence-corrected chi connectivity index (χ0v) is 10.7. The number of alkyl halides is 3. The molecule has 1 aliphatic heterocycles. The Morgan fingerprint density at radius 1 is 1.16 bits per heavy atom. The summed E-state index contributed by atoms with van der Waals surface area (Å²) in [5.41, 5.74) is 0. The number of nitrogens with one attached hydrogen (secondary N) is 2. The minimum atomic E-state index is -4.13. The van der Waals surface area contributed by atoms with Gasteiger partial charge in [-0.3, -0.25) is 4.79 Å². The lowest BCUT2D eigenvalue weighted by Gasteiger charge is -2.31. The van der Waals surface area contributed by atoms with Gasteiger partial charge in [0.05, 0.1) is 12.0 Å². The molecule has 0 unspecified atom stereocenters. The standard InChI is InChI=1S/C13H19F3N2O/c14-13(15,16)8-2-1-3-9(6-8)17-12(19)11-5-7-4-10(7)18-11/h7-11,18H,1-6H2,(H,17,19)/t7-,8+,9-,10-,11+/m1/s1. The van der Waals surface area contributed by atoms with Crippen LogP contribution in [0.2, 0.25) is 0 Å². The van der Waals surface area contributed by atoms with Crippen LogP contribution in [0.5, 0.6) is 0 Å². The summed E-state index contributed by atoms with van der Waals surface area (Å²) >= 11 is 0. The number of hydrogen-bond acceptors (Lipinski definition) is 2. The second-order valence-corrected chi connectivity index (χ2v) is 6.17. The van der Waals surface area contributed by atoms with E-state index in [0.717, 1.165) is 12.8 Å². The summed E-state index contributed by atoms with van der Waals surface area (Å²) in [6, 6.07) is -0.0216. The molecule has 0 aromatic rings. The maximum absolute atomic E-state index is 12.7. The van der Waals surface area contributed by atoms with E-state index in [1.165, 1.54) is 0 Å². The Bertz CT molecular complexity index is 361. The molecule has 6 heteroatoms. The molecule has 0 radical (unpaired) electrons. The third kappa shape index (κ3) is 2.88. The van der Waals surface area contributed by atoms with Gasteiger partial charge in [0, 0.05) is 12.1 Å². The minimum absolute atomic E-state index is 0.0365. The van der Waals surface area contributed by atoms with Crippen LogP contribution in [-0.2, 0) is 4.79 Å². The third-order valence-electron chi connectivity index (χ3n) is 4.68. The van der Waals surface area contributed by atoms with E-state index in [2.05, 4.69) is 10.6 Å². The normalized spacial score (nSPS) is 41.7. The van der Waals surface area contributed by atoms with Crippen molar-refractivity contribution in [2.75, 3.05) is 0 Å². The molecule has 0 aromatic carbocycles. The molecule has 108 valence electrons. The van der Waals surface area contributed by atoms with Crippen LogP contribution in [0.4, 0.5) is 13.2 Å². The second-order valence-electron chi connectivity index (χ2n) is 6.17. The number of hydrogen-bond donors (Lipinski definition) is 2. The number of fused-ring (bicyclic) bond motifs is 1. The highest BCUT2D eigenvalue weighted by Crippen LogP contribution is 2.41. The van der Waals surface area contributed by atoms with Crippen LogP contribution >= 0.6 is 0 Å². The first-order chi connectivity index (χ1) is 8.93. The minimum Gasteiger partial charge on any atom is -0.352 e. The highest BCUT2D eigenvalue weighted by molar-refractivity contribution is 5.82. The monoisotopic (exact) mass is 276 g/mol. The van der Waals surface area contributed by atoms with E-state index >= 15 is 0 Å². The number of carbonyl (C=O) groups is 1. The highest BCUT2D eigenvalue weighted by atomic mass is 19.4. The molecule has 3 aliphatic rings. The predicted octanol–water partition coefficient (Wildman–Crippen LogP) is 1.97. The molecular formula is C13H19F3N2O. The Morgan fingerprint density at radius 3 is 2.58 bits per heavy atom. The molecule has 3 fully saturated rings. The van der Waals surface area contributed by atoms with Gasteiger partial charge in [-0.2, -0.15) is 13.2 Å². The van der Waals surface area contributed by atoms with E-state index in [-0.39, 0.29) is 30.8 Å². The first kappa shape index (κ1) is 13.2. The van der Waals surface area contributed by atoms with Crippen molar-refractivity contribution in [1.82, 2.24) is 10.6 Å². The van der Waals surface area contributed by atoms with Gasteiger partial charge in [-0.25, -0.2) is 0 Å². The van der Waals surface area contributed by atoms with E-state index in [1.807, 2.05) is 0 Å². The number of carbonyl (C=O) groups excluding carboxylic acids is 1. The Morgan fingerprint density at radius 2 is 1.95 bits per heavy atom. The molecule has 1 amide bonds. The molecule has 1 heterocycles. The number of piperidine rings is 1. The fourth-order valence-corrected chi connectivity index (χ4v) is 3.44.